The number of pyridine rings is 2. The fourth-order valence-electron chi connectivity index (χ4n) is 14.6. The van der Waals surface area contributed by atoms with E-state index in [4.69, 9.17) is 9.47 Å². The van der Waals surface area contributed by atoms with Gasteiger partial charge >= 0.3 is 0 Å². The summed E-state index contributed by atoms with van der Waals surface area (Å²) in [6, 6.07) is 53.4. The van der Waals surface area contributed by atoms with Crippen LogP contribution in [0.5, 0.6) is 46.0 Å². The molecule has 0 aliphatic heterocycles. The number of rotatable bonds is 23. The monoisotopic (exact) mass is 1420 g/mol. The second-order valence-electron chi connectivity index (χ2n) is 27.2. The molecule has 6 unspecified atom stereocenters. The lowest BCUT2D eigenvalue weighted by Crippen LogP contribution is -2.03. The number of methoxy groups -OCH3 is 2. The molecule has 0 radical (unpaired) electrons. The molecule has 8 aromatic carbocycles. The Morgan fingerprint density at radius 2 is 0.596 bits per heavy atom. The Balaban J connectivity index is 0.000000168. The highest BCUT2D eigenvalue weighted by atomic mass is 32.1. The zero-order valence-electron chi connectivity index (χ0n) is 62.5. The molecule has 6 N–H and O–H groups in total. The van der Waals surface area contributed by atoms with E-state index in [1.807, 2.05) is 93.6 Å². The maximum absolute atomic E-state index is 11.3. The normalized spacial score (nSPS) is 12.9. The van der Waals surface area contributed by atoms with Gasteiger partial charge in [0.25, 0.3) is 0 Å². The van der Waals surface area contributed by atoms with Crippen molar-refractivity contribution in [3.63, 3.8) is 0 Å². The van der Waals surface area contributed by atoms with E-state index in [0.717, 1.165) is 172 Å². The number of ether oxygens (including phenoxy) is 2. The molecular formula is C92H100N2O8S2. The summed E-state index contributed by atoms with van der Waals surface area (Å²) < 4.78 is 10.7. The van der Waals surface area contributed by atoms with Crippen molar-refractivity contribution in [1.29, 1.82) is 0 Å². The van der Waals surface area contributed by atoms with Crippen molar-refractivity contribution in [2.45, 2.75) is 157 Å². The van der Waals surface area contributed by atoms with Crippen LogP contribution in [0.25, 0.3) is 33.4 Å². The summed E-state index contributed by atoms with van der Waals surface area (Å²) in [6.07, 6.45) is 12.0. The molecular weight excluding hydrogens is 1330 g/mol. The van der Waals surface area contributed by atoms with Crippen LogP contribution in [0.2, 0.25) is 0 Å². The first-order chi connectivity index (χ1) is 50.2. The fourth-order valence-corrected chi connectivity index (χ4v) is 16.1. The third-order valence-corrected chi connectivity index (χ3v) is 22.4. The van der Waals surface area contributed by atoms with Crippen molar-refractivity contribution in [2.24, 2.45) is 0 Å². The second kappa shape index (κ2) is 34.9. The molecule has 0 fully saturated rings. The smallest absolute Gasteiger partial charge is 0.122 e. The second-order valence-corrected chi connectivity index (χ2v) is 28.8. The average Bonchev–Trinajstić information content (AvgIpc) is 0.885. The molecule has 104 heavy (non-hydrogen) atoms. The van der Waals surface area contributed by atoms with Gasteiger partial charge in [0.15, 0.2) is 0 Å². The minimum absolute atomic E-state index is 0.00974. The van der Waals surface area contributed by atoms with Gasteiger partial charge in [0.2, 0.25) is 0 Å². The number of phenolic OH excluding ortho intramolecular Hbond substituents is 6. The molecule has 10 nitrogen and oxygen atoms in total. The highest BCUT2D eigenvalue weighted by Crippen LogP contribution is 2.47. The van der Waals surface area contributed by atoms with Crippen LogP contribution < -0.4 is 9.47 Å². The van der Waals surface area contributed by atoms with Gasteiger partial charge in [-0.15, -0.1) is 0 Å². The van der Waals surface area contributed by atoms with E-state index in [-0.39, 0.29) is 35.5 Å². The Morgan fingerprint density at radius 3 is 0.913 bits per heavy atom. The number of benzene rings is 8. The van der Waals surface area contributed by atoms with Crippen LogP contribution in [0.1, 0.15) is 217 Å². The molecule has 12 heteroatoms. The Morgan fingerprint density at radius 1 is 0.317 bits per heavy atom. The summed E-state index contributed by atoms with van der Waals surface area (Å²) >= 11 is 3.37. The van der Waals surface area contributed by atoms with Crippen LogP contribution in [-0.2, 0) is 19.3 Å². The van der Waals surface area contributed by atoms with Crippen molar-refractivity contribution in [3.8, 4) is 79.4 Å². The Labute approximate surface area is 623 Å². The van der Waals surface area contributed by atoms with E-state index in [0.29, 0.717) is 34.5 Å². The SMILES string of the molecule is CCc1cc(-c2cc(C)c(O)c(C(C)c3ccc(OC)cc3)c2)cc(C(CC)c2ccc(OC)cc2)c1O.CCc1cc(-c2cc(C)c(O)c(C(C)c3ccncc3)c2)cc(C(CC)c2ccncc2)c1O.CCc1cc(-c2cc(C)c(O)c(C(C)c3ccsc3)c2)cc(C(CC)c2ccsc2)c1O. The molecule has 0 amide bonds. The molecule has 0 saturated heterocycles. The first-order valence-electron chi connectivity index (χ1n) is 36.4. The highest BCUT2D eigenvalue weighted by Gasteiger charge is 2.27. The number of nitrogens with zero attached hydrogens (tertiary/aromatic N) is 2. The standard InChI is InChI=1S/C34H38O4.C30H32N2O2.C28H30O2S2/c1-7-23-18-27(20-32(34(23)36)30(8-2)25-11-15-29(38-6)16-12-25)26-17-21(3)33(35)31(19-26)22(4)24-9-13-28(37-5)14-10-24;1-5-21-16-25(18-28(30(21)34)26(6-2)23-9-13-32-14-10-23)24-15-19(3)29(33)27(17-24)20(4)22-7-11-31-12-8-22;1-5-19-12-23(14-26(28(19)30)24(6-2)21-8-10-32-16-21)22-11-17(3)27(29)25(13-22)18(4)20-7-9-31-15-20/h9-20,22,30,35-36H,7-8H2,1-6H3;7-18,20,26,33-34H,5-6H2,1-4H3;7-16,18,24,29-30H,5-6H2,1-4H3. The molecule has 0 saturated carbocycles. The summed E-state index contributed by atoms with van der Waals surface area (Å²) in [4.78, 5) is 8.28. The quantitative estimate of drug-likeness (QED) is 0.0363. The van der Waals surface area contributed by atoms with Gasteiger partial charge in [-0.25, -0.2) is 0 Å². The van der Waals surface area contributed by atoms with Crippen molar-refractivity contribution < 1.29 is 40.1 Å². The Bertz CT molecular complexity index is 4820. The van der Waals surface area contributed by atoms with Gasteiger partial charge in [0, 0.05) is 93.7 Å². The van der Waals surface area contributed by atoms with Gasteiger partial charge in [-0.1, -0.05) is 86.6 Å². The minimum atomic E-state index is -0.00974. The van der Waals surface area contributed by atoms with Crippen molar-refractivity contribution in [3.05, 3.63) is 304 Å². The molecule has 12 aromatic rings. The summed E-state index contributed by atoms with van der Waals surface area (Å²) in [7, 11) is 3.32. The minimum Gasteiger partial charge on any atom is -0.507 e. The average molecular weight is 1430 g/mol. The molecule has 0 aliphatic rings. The molecule has 12 rings (SSSR count). The number of aromatic hydroxyl groups is 6. The molecule has 538 valence electrons. The summed E-state index contributed by atoms with van der Waals surface area (Å²) in [5.74, 6) is 4.17. The van der Waals surface area contributed by atoms with E-state index >= 15 is 0 Å². The zero-order valence-corrected chi connectivity index (χ0v) is 64.2. The number of hydrogen-bond donors (Lipinski definition) is 6. The predicted octanol–water partition coefficient (Wildman–Crippen LogP) is 23.9. The fraction of sp³-hybridized carbons (Fsp3) is 0.283. The molecule has 0 spiro atoms. The first-order valence-corrected chi connectivity index (χ1v) is 38.3. The van der Waals surface area contributed by atoms with Gasteiger partial charge in [-0.2, -0.15) is 22.7 Å². The van der Waals surface area contributed by atoms with Crippen LogP contribution in [-0.4, -0.2) is 54.8 Å². The molecule has 0 aliphatic carbocycles. The van der Waals surface area contributed by atoms with Crippen LogP contribution >= 0.6 is 22.7 Å². The molecule has 4 heterocycles. The molecule has 6 atom stereocenters. The number of hydrogen-bond acceptors (Lipinski definition) is 12. The van der Waals surface area contributed by atoms with Gasteiger partial charge in [0.05, 0.1) is 14.2 Å². The summed E-state index contributed by atoms with van der Waals surface area (Å²) in [5, 5.41) is 74.8. The van der Waals surface area contributed by atoms with Gasteiger partial charge in [0.1, 0.15) is 46.0 Å². The van der Waals surface area contributed by atoms with Crippen molar-refractivity contribution >= 4 is 22.7 Å². The van der Waals surface area contributed by atoms with Gasteiger partial charge < -0.3 is 40.1 Å². The maximum atomic E-state index is 11.3. The number of aryl methyl sites for hydroxylation is 6. The van der Waals surface area contributed by atoms with E-state index in [1.54, 1.807) is 61.7 Å². The largest absolute Gasteiger partial charge is 0.507 e. The third-order valence-electron chi connectivity index (χ3n) is 21.0. The van der Waals surface area contributed by atoms with Gasteiger partial charge in [-0.3, -0.25) is 9.97 Å². The lowest BCUT2D eigenvalue weighted by atomic mass is 9.84. The topological polar surface area (TPSA) is 166 Å². The van der Waals surface area contributed by atoms with Crippen molar-refractivity contribution in [1.82, 2.24) is 9.97 Å². The highest BCUT2D eigenvalue weighted by molar-refractivity contribution is 7.08. The molecule has 0 bridgehead atoms. The van der Waals surface area contributed by atoms with Crippen molar-refractivity contribution in [2.75, 3.05) is 14.2 Å². The number of phenols is 6. The Kier molecular flexibility index (Phi) is 25.7. The van der Waals surface area contributed by atoms with E-state index in [2.05, 4.69) is 179 Å². The van der Waals surface area contributed by atoms with Crippen LogP contribution in [0, 0.1) is 20.8 Å². The lowest BCUT2D eigenvalue weighted by molar-refractivity contribution is 0.414. The number of thiophene rings is 2. The Hall–Kier alpha value is -10.1. The molecule has 4 aromatic heterocycles. The summed E-state index contributed by atoms with van der Waals surface area (Å²) in [6.45, 7) is 24.9. The van der Waals surface area contributed by atoms with Crippen LogP contribution in [0.15, 0.2) is 204 Å². The first kappa shape index (κ1) is 76.5. The lowest BCUT2D eigenvalue weighted by Gasteiger charge is -2.22. The maximum Gasteiger partial charge on any atom is 0.122 e. The number of aromatic nitrogens is 2. The zero-order chi connectivity index (χ0) is 74.5. The van der Waals surface area contributed by atoms with Crippen LogP contribution in [0.3, 0.4) is 0 Å². The van der Waals surface area contributed by atoms with E-state index in [1.165, 1.54) is 11.1 Å². The van der Waals surface area contributed by atoms with Gasteiger partial charge in [-0.05, 0) is 314 Å². The third kappa shape index (κ3) is 16.9. The summed E-state index contributed by atoms with van der Waals surface area (Å²) in [5.41, 5.74) is 24.1. The predicted molar refractivity (Wildman–Crippen MR) is 430 cm³/mol. The van der Waals surface area contributed by atoms with Crippen LogP contribution in [0.4, 0.5) is 0 Å². The van der Waals surface area contributed by atoms with E-state index < -0.39 is 0 Å². The van der Waals surface area contributed by atoms with E-state index in [9.17, 15) is 30.6 Å².